The van der Waals surface area contributed by atoms with Crippen LogP contribution < -0.4 is 0 Å². The molecule has 2 aromatic rings. The van der Waals surface area contributed by atoms with Crippen molar-refractivity contribution in [2.24, 2.45) is 5.92 Å². The van der Waals surface area contributed by atoms with Crippen molar-refractivity contribution in [2.75, 3.05) is 0 Å². The maximum absolute atomic E-state index is 13.4. The highest BCUT2D eigenvalue weighted by Crippen LogP contribution is 2.30. The number of rotatable bonds is 4. The first-order valence-electron chi connectivity index (χ1n) is 6.03. The third-order valence-electron chi connectivity index (χ3n) is 2.65. The van der Waals surface area contributed by atoms with Crippen LogP contribution in [-0.2, 0) is 15.6 Å². The van der Waals surface area contributed by atoms with Gasteiger partial charge in [0.15, 0.2) is 5.82 Å². The molecule has 0 amide bonds. The first-order valence-corrected chi connectivity index (χ1v) is 9.13. The highest BCUT2D eigenvalue weighted by atomic mass is 79.9. The van der Waals surface area contributed by atoms with E-state index in [1.165, 1.54) is 22.8 Å². The van der Waals surface area contributed by atoms with E-state index in [2.05, 4.69) is 26.1 Å². The number of hydrogen-bond donors (Lipinski definition) is 0. The van der Waals surface area contributed by atoms with Gasteiger partial charge in [-0.1, -0.05) is 29.8 Å². The van der Waals surface area contributed by atoms with Crippen LogP contribution in [0.2, 0.25) is 0 Å². The Hall–Kier alpha value is -0.990. The van der Waals surface area contributed by atoms with Gasteiger partial charge in [0.2, 0.25) is 0 Å². The average Bonchev–Trinajstić information content (AvgIpc) is 2.74. The second kappa shape index (κ2) is 6.02. The molecule has 0 bridgehead atoms. The Bertz CT molecular complexity index is 777. The zero-order chi connectivity index (χ0) is 15.8. The first-order chi connectivity index (χ1) is 9.70. The van der Waals surface area contributed by atoms with Gasteiger partial charge in [-0.2, -0.15) is 0 Å². The fourth-order valence-electron chi connectivity index (χ4n) is 1.87. The van der Waals surface area contributed by atoms with Gasteiger partial charge in [0.25, 0.3) is 14.2 Å². The lowest BCUT2D eigenvalue weighted by Crippen LogP contribution is -2.12. The van der Waals surface area contributed by atoms with Crippen LogP contribution in [0.3, 0.4) is 0 Å². The molecular formula is C12H12BrClFN3O2S. The predicted octanol–water partition coefficient (Wildman–Crippen LogP) is 3.43. The first kappa shape index (κ1) is 16.4. The van der Waals surface area contributed by atoms with E-state index >= 15 is 0 Å². The smallest absolute Gasteiger partial charge is 0.296 e. The molecule has 0 saturated carbocycles. The molecule has 1 heterocycles. The van der Waals surface area contributed by atoms with Crippen molar-refractivity contribution in [1.82, 2.24) is 14.8 Å². The Morgan fingerprint density at radius 1 is 1.38 bits per heavy atom. The van der Waals surface area contributed by atoms with Gasteiger partial charge >= 0.3 is 0 Å². The van der Waals surface area contributed by atoms with Crippen LogP contribution in [0.1, 0.15) is 13.8 Å². The molecule has 0 fully saturated rings. The Morgan fingerprint density at radius 2 is 2.05 bits per heavy atom. The van der Waals surface area contributed by atoms with Gasteiger partial charge in [-0.25, -0.2) is 12.8 Å². The standard InChI is InChI=1S/C12H12BrClFN3O2S/c1-7(2)6-18-11(16-17-12(18)21(14,19)20)9-5-8(15)3-4-10(9)13/h3-5,7H,6H2,1-2H3. The van der Waals surface area contributed by atoms with Crippen LogP contribution in [0.4, 0.5) is 4.39 Å². The Balaban J connectivity index is 2.69. The molecule has 114 valence electrons. The Morgan fingerprint density at radius 3 is 2.62 bits per heavy atom. The lowest BCUT2D eigenvalue weighted by molar-refractivity contribution is 0.488. The van der Waals surface area contributed by atoms with Gasteiger partial charge in [-0.05, 0) is 24.1 Å². The number of aromatic nitrogens is 3. The molecule has 21 heavy (non-hydrogen) atoms. The summed E-state index contributed by atoms with van der Waals surface area (Å²) in [5, 5.41) is 7.15. The normalized spacial score (nSPS) is 12.1. The van der Waals surface area contributed by atoms with Gasteiger partial charge in [-0.3, -0.25) is 4.57 Å². The monoisotopic (exact) mass is 395 g/mol. The van der Waals surface area contributed by atoms with Crippen LogP contribution in [0.25, 0.3) is 11.4 Å². The van der Waals surface area contributed by atoms with Gasteiger partial charge in [0.05, 0.1) is 0 Å². The lowest BCUT2D eigenvalue weighted by atomic mass is 10.2. The largest absolute Gasteiger partial charge is 0.297 e. The van der Waals surface area contributed by atoms with Crippen LogP contribution in [0.5, 0.6) is 0 Å². The molecule has 0 saturated heterocycles. The van der Waals surface area contributed by atoms with Crippen molar-refractivity contribution >= 4 is 35.7 Å². The summed E-state index contributed by atoms with van der Waals surface area (Å²) < 4.78 is 38.6. The molecule has 0 aliphatic rings. The van der Waals surface area contributed by atoms with Crippen molar-refractivity contribution in [2.45, 2.75) is 25.5 Å². The van der Waals surface area contributed by atoms with E-state index < -0.39 is 14.9 Å². The van der Waals surface area contributed by atoms with Gasteiger partial charge in [0, 0.05) is 27.3 Å². The molecule has 5 nitrogen and oxygen atoms in total. The van der Waals surface area contributed by atoms with E-state index in [-0.39, 0.29) is 16.9 Å². The molecule has 0 aliphatic heterocycles. The van der Waals surface area contributed by atoms with E-state index in [1.807, 2.05) is 13.8 Å². The predicted molar refractivity (Wildman–Crippen MR) is 81.0 cm³/mol. The number of benzene rings is 1. The molecule has 1 aromatic heterocycles. The lowest BCUT2D eigenvalue weighted by Gasteiger charge is -2.12. The van der Waals surface area contributed by atoms with E-state index in [0.717, 1.165) is 0 Å². The average molecular weight is 397 g/mol. The van der Waals surface area contributed by atoms with E-state index in [9.17, 15) is 12.8 Å². The molecule has 9 heteroatoms. The van der Waals surface area contributed by atoms with E-state index in [1.54, 1.807) is 0 Å². The SMILES string of the molecule is CC(C)Cn1c(-c2cc(F)ccc2Br)nnc1S(=O)(=O)Cl. The maximum Gasteiger partial charge on any atom is 0.296 e. The molecular weight excluding hydrogens is 385 g/mol. The molecule has 0 unspecified atom stereocenters. The second-order valence-electron chi connectivity index (χ2n) is 4.87. The van der Waals surface area contributed by atoms with Gasteiger partial charge < -0.3 is 0 Å². The topological polar surface area (TPSA) is 64.8 Å². The van der Waals surface area contributed by atoms with Crippen LogP contribution in [-0.4, -0.2) is 23.2 Å². The fraction of sp³-hybridized carbons (Fsp3) is 0.333. The van der Waals surface area contributed by atoms with Gasteiger partial charge in [0.1, 0.15) is 5.82 Å². The minimum Gasteiger partial charge on any atom is -0.297 e. The third kappa shape index (κ3) is 3.61. The molecule has 0 N–H and O–H groups in total. The molecule has 0 atom stereocenters. The van der Waals surface area contributed by atoms with Crippen molar-refractivity contribution in [1.29, 1.82) is 0 Å². The summed E-state index contributed by atoms with van der Waals surface area (Å²) in [5.41, 5.74) is 0.412. The number of nitrogens with zero attached hydrogens (tertiary/aromatic N) is 3. The Labute approximate surface area is 134 Å². The third-order valence-corrected chi connectivity index (χ3v) is 4.50. The van der Waals surface area contributed by atoms with Crippen molar-refractivity contribution in [3.63, 3.8) is 0 Å². The zero-order valence-corrected chi connectivity index (χ0v) is 14.4. The van der Waals surface area contributed by atoms with E-state index in [4.69, 9.17) is 10.7 Å². The van der Waals surface area contributed by atoms with Gasteiger partial charge in [-0.15, -0.1) is 10.2 Å². The maximum atomic E-state index is 13.4. The highest BCUT2D eigenvalue weighted by molar-refractivity contribution is 9.10. The zero-order valence-electron chi connectivity index (χ0n) is 11.2. The summed E-state index contributed by atoms with van der Waals surface area (Å²) in [5.74, 6) is -0.0823. The fourth-order valence-corrected chi connectivity index (χ4v) is 3.20. The molecule has 1 aromatic carbocycles. The van der Waals surface area contributed by atoms with Crippen molar-refractivity contribution in [3.8, 4) is 11.4 Å². The molecule has 0 spiro atoms. The summed E-state index contributed by atoms with van der Waals surface area (Å²) in [6, 6.07) is 4.07. The summed E-state index contributed by atoms with van der Waals surface area (Å²) in [7, 11) is 1.35. The van der Waals surface area contributed by atoms with Crippen molar-refractivity contribution < 1.29 is 12.8 Å². The van der Waals surface area contributed by atoms with Crippen molar-refractivity contribution in [3.05, 3.63) is 28.5 Å². The minimum absolute atomic E-state index is 0.129. The summed E-state index contributed by atoms with van der Waals surface area (Å²) in [4.78, 5) is 0. The summed E-state index contributed by atoms with van der Waals surface area (Å²) in [6.45, 7) is 4.16. The number of halogens is 3. The van der Waals surface area contributed by atoms with Crippen LogP contribution >= 0.6 is 26.6 Å². The molecule has 0 radical (unpaired) electrons. The summed E-state index contributed by atoms with van der Waals surface area (Å²) >= 11 is 3.30. The minimum atomic E-state index is -4.04. The highest BCUT2D eigenvalue weighted by Gasteiger charge is 2.24. The summed E-state index contributed by atoms with van der Waals surface area (Å²) in [6.07, 6.45) is 0. The number of hydrogen-bond acceptors (Lipinski definition) is 4. The van der Waals surface area contributed by atoms with Crippen LogP contribution in [0.15, 0.2) is 27.8 Å². The molecule has 2 rings (SSSR count). The Kier molecular flexibility index (Phi) is 4.69. The molecule has 0 aliphatic carbocycles. The van der Waals surface area contributed by atoms with E-state index in [0.29, 0.717) is 16.6 Å². The quantitative estimate of drug-likeness (QED) is 0.743. The van der Waals surface area contributed by atoms with Crippen LogP contribution in [0, 0.1) is 11.7 Å². The second-order valence-corrected chi connectivity index (χ2v) is 8.19.